The molecule has 1 fully saturated rings. The molecule has 0 radical (unpaired) electrons. The summed E-state index contributed by atoms with van der Waals surface area (Å²) in [5.74, 6) is -0.302. The number of likely N-dealkylation sites (N-methyl/N-ethyl adjacent to an activating group) is 1. The van der Waals surface area contributed by atoms with Crippen molar-refractivity contribution in [3.63, 3.8) is 0 Å². The number of hydrogen-bond donors (Lipinski definition) is 2. The van der Waals surface area contributed by atoms with Gasteiger partial charge in [-0.2, -0.15) is 0 Å². The first-order chi connectivity index (χ1) is 9.95. The predicted octanol–water partition coefficient (Wildman–Crippen LogP) is 1.86. The molecular formula is C15H20ClN3O2. The minimum absolute atomic E-state index is 0.0100. The molecule has 3 N–H and O–H groups in total. The van der Waals surface area contributed by atoms with E-state index in [4.69, 9.17) is 17.3 Å². The van der Waals surface area contributed by atoms with Crippen LogP contribution in [-0.4, -0.2) is 36.3 Å². The number of nitrogens with two attached hydrogens (primary N) is 1. The minimum Gasteiger partial charge on any atom is -0.336 e. The molecule has 1 saturated carbocycles. The van der Waals surface area contributed by atoms with E-state index in [1.54, 1.807) is 31.3 Å². The number of halogens is 1. The van der Waals surface area contributed by atoms with Gasteiger partial charge < -0.3 is 16.0 Å². The molecule has 2 unspecified atom stereocenters. The van der Waals surface area contributed by atoms with Crippen LogP contribution in [0.1, 0.15) is 19.3 Å². The summed E-state index contributed by atoms with van der Waals surface area (Å²) in [6.07, 6.45) is 2.39. The molecule has 5 nitrogen and oxygen atoms in total. The highest BCUT2D eigenvalue weighted by atomic mass is 35.5. The summed E-state index contributed by atoms with van der Waals surface area (Å²) < 4.78 is 0. The fourth-order valence-electron chi connectivity index (χ4n) is 2.61. The SMILES string of the molecule is CN(CC(=O)Nc1cccc(Cl)c1)C(=O)C1CCC(N)C1. The van der Waals surface area contributed by atoms with E-state index < -0.39 is 0 Å². The molecule has 1 aromatic rings. The van der Waals surface area contributed by atoms with E-state index in [2.05, 4.69) is 5.32 Å². The van der Waals surface area contributed by atoms with Gasteiger partial charge in [-0.05, 0) is 37.5 Å². The number of hydrogen-bond acceptors (Lipinski definition) is 3. The highest BCUT2D eigenvalue weighted by molar-refractivity contribution is 6.30. The third-order valence-electron chi connectivity index (χ3n) is 3.69. The second-order valence-corrected chi connectivity index (χ2v) is 5.96. The van der Waals surface area contributed by atoms with E-state index >= 15 is 0 Å². The van der Waals surface area contributed by atoms with Crippen LogP contribution in [0.5, 0.6) is 0 Å². The van der Waals surface area contributed by atoms with E-state index in [-0.39, 0.29) is 30.3 Å². The molecule has 21 heavy (non-hydrogen) atoms. The summed E-state index contributed by atoms with van der Waals surface area (Å²) in [7, 11) is 1.64. The first-order valence-corrected chi connectivity index (χ1v) is 7.39. The molecule has 0 aliphatic heterocycles. The van der Waals surface area contributed by atoms with Crippen molar-refractivity contribution < 1.29 is 9.59 Å². The van der Waals surface area contributed by atoms with Gasteiger partial charge >= 0.3 is 0 Å². The normalized spacial score (nSPS) is 21.1. The number of nitrogens with zero attached hydrogens (tertiary/aromatic N) is 1. The van der Waals surface area contributed by atoms with Crippen LogP contribution in [0.4, 0.5) is 5.69 Å². The first kappa shape index (κ1) is 15.8. The van der Waals surface area contributed by atoms with Gasteiger partial charge in [-0.1, -0.05) is 17.7 Å². The molecule has 6 heteroatoms. The number of carbonyl (C=O) groups excluding carboxylic acids is 2. The quantitative estimate of drug-likeness (QED) is 0.891. The van der Waals surface area contributed by atoms with Crippen molar-refractivity contribution >= 4 is 29.1 Å². The number of anilines is 1. The molecule has 0 saturated heterocycles. The molecule has 1 aromatic carbocycles. The summed E-state index contributed by atoms with van der Waals surface area (Å²) in [5, 5.41) is 3.28. The van der Waals surface area contributed by atoms with Gasteiger partial charge in [0.1, 0.15) is 0 Å². The Bertz CT molecular complexity index is 535. The Morgan fingerprint density at radius 2 is 2.19 bits per heavy atom. The van der Waals surface area contributed by atoms with E-state index in [9.17, 15) is 9.59 Å². The summed E-state index contributed by atoms with van der Waals surface area (Å²) in [6.45, 7) is 0.0249. The van der Waals surface area contributed by atoms with Crippen LogP contribution in [0.25, 0.3) is 0 Å². The van der Waals surface area contributed by atoms with Crippen LogP contribution >= 0.6 is 11.6 Å². The Morgan fingerprint density at radius 1 is 1.43 bits per heavy atom. The number of nitrogens with one attached hydrogen (secondary N) is 1. The van der Waals surface area contributed by atoms with Gasteiger partial charge in [-0.15, -0.1) is 0 Å². The second-order valence-electron chi connectivity index (χ2n) is 5.52. The standard InChI is InChI=1S/C15H20ClN3O2/c1-19(15(21)10-5-6-12(17)7-10)9-14(20)18-13-4-2-3-11(16)8-13/h2-4,8,10,12H,5-7,9,17H2,1H3,(H,18,20). The zero-order chi connectivity index (χ0) is 15.4. The van der Waals surface area contributed by atoms with Crippen molar-refractivity contribution in [3.8, 4) is 0 Å². The van der Waals surface area contributed by atoms with Crippen molar-refractivity contribution in [2.45, 2.75) is 25.3 Å². The molecule has 2 rings (SSSR count). The van der Waals surface area contributed by atoms with Crippen molar-refractivity contribution in [2.75, 3.05) is 18.9 Å². The molecule has 0 bridgehead atoms. The molecule has 0 spiro atoms. The number of amides is 2. The Kier molecular flexibility index (Phi) is 5.20. The molecule has 0 heterocycles. The number of benzene rings is 1. The lowest BCUT2D eigenvalue weighted by Gasteiger charge is -2.20. The Morgan fingerprint density at radius 3 is 2.81 bits per heavy atom. The lowest BCUT2D eigenvalue weighted by Crippen LogP contribution is -2.38. The maximum atomic E-state index is 12.2. The van der Waals surface area contributed by atoms with E-state index in [0.717, 1.165) is 12.8 Å². The van der Waals surface area contributed by atoms with Gasteiger partial charge in [-0.25, -0.2) is 0 Å². The van der Waals surface area contributed by atoms with E-state index in [1.165, 1.54) is 4.90 Å². The zero-order valence-corrected chi connectivity index (χ0v) is 12.8. The minimum atomic E-state index is -0.240. The third kappa shape index (κ3) is 4.44. The Hall–Kier alpha value is -1.59. The summed E-state index contributed by atoms with van der Waals surface area (Å²) >= 11 is 5.86. The highest BCUT2D eigenvalue weighted by Crippen LogP contribution is 2.25. The van der Waals surface area contributed by atoms with Crippen LogP contribution < -0.4 is 11.1 Å². The molecule has 2 amide bonds. The zero-order valence-electron chi connectivity index (χ0n) is 12.0. The van der Waals surface area contributed by atoms with Crippen molar-refractivity contribution in [2.24, 2.45) is 11.7 Å². The largest absolute Gasteiger partial charge is 0.336 e. The maximum absolute atomic E-state index is 12.2. The molecule has 2 atom stereocenters. The number of carbonyl (C=O) groups is 2. The van der Waals surface area contributed by atoms with E-state index in [0.29, 0.717) is 17.1 Å². The van der Waals surface area contributed by atoms with Gasteiger partial charge in [0, 0.05) is 29.7 Å². The van der Waals surface area contributed by atoms with Crippen LogP contribution in [-0.2, 0) is 9.59 Å². The molecule has 1 aliphatic rings. The lowest BCUT2D eigenvalue weighted by molar-refractivity contribution is -0.136. The third-order valence-corrected chi connectivity index (χ3v) is 3.92. The Balaban J connectivity index is 1.85. The molecule has 114 valence electrons. The van der Waals surface area contributed by atoms with Crippen LogP contribution in [0.2, 0.25) is 5.02 Å². The van der Waals surface area contributed by atoms with Crippen LogP contribution in [0.3, 0.4) is 0 Å². The fraction of sp³-hybridized carbons (Fsp3) is 0.467. The highest BCUT2D eigenvalue weighted by Gasteiger charge is 2.30. The van der Waals surface area contributed by atoms with Gasteiger partial charge in [0.25, 0.3) is 0 Å². The monoisotopic (exact) mass is 309 g/mol. The average molecular weight is 310 g/mol. The van der Waals surface area contributed by atoms with E-state index in [1.807, 2.05) is 0 Å². The second kappa shape index (κ2) is 6.91. The Labute approximate surface area is 129 Å². The van der Waals surface area contributed by atoms with Crippen LogP contribution in [0, 0.1) is 5.92 Å². The van der Waals surface area contributed by atoms with Gasteiger partial charge in [-0.3, -0.25) is 9.59 Å². The molecule has 1 aliphatic carbocycles. The maximum Gasteiger partial charge on any atom is 0.243 e. The lowest BCUT2D eigenvalue weighted by atomic mass is 10.1. The summed E-state index contributed by atoms with van der Waals surface area (Å²) in [5.41, 5.74) is 6.44. The smallest absolute Gasteiger partial charge is 0.243 e. The van der Waals surface area contributed by atoms with Gasteiger partial charge in [0.2, 0.25) is 11.8 Å². The summed E-state index contributed by atoms with van der Waals surface area (Å²) in [6, 6.07) is 7.01. The van der Waals surface area contributed by atoms with Crippen molar-refractivity contribution in [1.82, 2.24) is 4.90 Å². The average Bonchev–Trinajstić information content (AvgIpc) is 2.84. The van der Waals surface area contributed by atoms with Gasteiger partial charge in [0.05, 0.1) is 6.54 Å². The topological polar surface area (TPSA) is 75.4 Å². The number of rotatable bonds is 4. The van der Waals surface area contributed by atoms with Crippen LogP contribution in [0.15, 0.2) is 24.3 Å². The van der Waals surface area contributed by atoms with Crippen molar-refractivity contribution in [3.05, 3.63) is 29.3 Å². The predicted molar refractivity (Wildman–Crippen MR) is 83.0 cm³/mol. The first-order valence-electron chi connectivity index (χ1n) is 7.01. The molecular weight excluding hydrogens is 290 g/mol. The fourth-order valence-corrected chi connectivity index (χ4v) is 2.80. The van der Waals surface area contributed by atoms with Crippen molar-refractivity contribution in [1.29, 1.82) is 0 Å². The molecule has 0 aromatic heterocycles. The summed E-state index contributed by atoms with van der Waals surface area (Å²) in [4.78, 5) is 25.6. The van der Waals surface area contributed by atoms with Gasteiger partial charge in [0.15, 0.2) is 0 Å².